The van der Waals surface area contributed by atoms with Crippen LogP contribution in [0.4, 0.5) is 0 Å². The molecule has 3 heteroatoms. The van der Waals surface area contributed by atoms with Gasteiger partial charge < -0.3 is 5.73 Å². The van der Waals surface area contributed by atoms with E-state index in [4.69, 9.17) is 5.73 Å². The van der Waals surface area contributed by atoms with Crippen LogP contribution in [0.5, 0.6) is 0 Å². The highest BCUT2D eigenvalue weighted by Crippen LogP contribution is 2.26. The van der Waals surface area contributed by atoms with Crippen molar-refractivity contribution in [2.24, 2.45) is 5.73 Å². The molecule has 1 fully saturated rings. The maximum Gasteiger partial charge on any atom is 0.0461 e. The van der Waals surface area contributed by atoms with E-state index in [0.29, 0.717) is 6.04 Å². The number of nitrogens with two attached hydrogens (primary N) is 1. The molecule has 0 spiro atoms. The Balaban J connectivity index is 2.20. The zero-order valence-electron chi connectivity index (χ0n) is 10.9. The molecule has 2 nitrogen and oxygen atoms in total. The molecule has 2 rings (SSSR count). The molecule has 0 bridgehead atoms. The van der Waals surface area contributed by atoms with Crippen LogP contribution in [-0.4, -0.2) is 36.0 Å². The monoisotopic (exact) mass is 250 g/mol. The van der Waals surface area contributed by atoms with Crippen molar-refractivity contribution >= 4 is 11.8 Å². The molecule has 2 unspecified atom stereocenters. The molecule has 0 saturated carbocycles. The summed E-state index contributed by atoms with van der Waals surface area (Å²) < 4.78 is 0. The number of benzene rings is 1. The van der Waals surface area contributed by atoms with Crippen molar-refractivity contribution in [3.8, 4) is 0 Å². The molecule has 0 amide bonds. The molecular weight excluding hydrogens is 228 g/mol. The van der Waals surface area contributed by atoms with E-state index in [1.54, 1.807) is 0 Å². The van der Waals surface area contributed by atoms with Crippen molar-refractivity contribution in [2.45, 2.75) is 25.9 Å². The average molecular weight is 250 g/mol. The summed E-state index contributed by atoms with van der Waals surface area (Å²) >= 11 is 2.02. The fourth-order valence-electron chi connectivity index (χ4n) is 2.51. The molecule has 1 aliphatic rings. The fourth-order valence-corrected chi connectivity index (χ4v) is 3.80. The predicted molar refractivity (Wildman–Crippen MR) is 76.6 cm³/mol. The molecule has 17 heavy (non-hydrogen) atoms. The molecule has 1 heterocycles. The van der Waals surface area contributed by atoms with E-state index in [1.807, 2.05) is 11.8 Å². The number of hydrogen-bond donors (Lipinski definition) is 1. The Hall–Kier alpha value is -0.510. The Morgan fingerprint density at radius 2 is 1.94 bits per heavy atom. The van der Waals surface area contributed by atoms with Crippen LogP contribution in [-0.2, 0) is 0 Å². The summed E-state index contributed by atoms with van der Waals surface area (Å²) in [6.07, 6.45) is 0. The Kier molecular flexibility index (Phi) is 4.13. The molecule has 1 saturated heterocycles. The van der Waals surface area contributed by atoms with Gasteiger partial charge in [-0.25, -0.2) is 0 Å². The van der Waals surface area contributed by atoms with Gasteiger partial charge >= 0.3 is 0 Å². The first-order valence-corrected chi connectivity index (χ1v) is 7.35. The number of hydrogen-bond acceptors (Lipinski definition) is 3. The molecule has 1 aromatic carbocycles. The molecule has 2 atom stereocenters. The summed E-state index contributed by atoms with van der Waals surface area (Å²) in [5.41, 5.74) is 10.3. The second-order valence-electron chi connectivity index (χ2n) is 5.07. The normalized spacial score (nSPS) is 23.6. The fraction of sp³-hybridized carbons (Fsp3) is 0.571. The Morgan fingerprint density at radius 3 is 2.53 bits per heavy atom. The molecule has 0 aliphatic carbocycles. The Labute approximate surface area is 109 Å². The van der Waals surface area contributed by atoms with Gasteiger partial charge in [0, 0.05) is 30.1 Å². The predicted octanol–water partition coefficient (Wildman–Crippen LogP) is 2.35. The molecule has 94 valence electrons. The highest BCUT2D eigenvalue weighted by molar-refractivity contribution is 7.99. The number of likely N-dealkylation sites (N-methyl/N-ethyl adjacent to an activating group) is 1. The SMILES string of the molecule is Cc1cc(C)cc(C(N)C2CSCCN2C)c1. The Morgan fingerprint density at radius 1 is 1.29 bits per heavy atom. The standard InChI is InChI=1S/C14H22N2S/c1-10-6-11(2)8-12(7-10)14(15)13-9-17-5-4-16(13)3/h6-8,13-14H,4-5,9,15H2,1-3H3. The van der Waals surface area contributed by atoms with Crippen molar-refractivity contribution in [2.75, 3.05) is 25.1 Å². The number of nitrogens with zero attached hydrogens (tertiary/aromatic N) is 1. The van der Waals surface area contributed by atoms with Gasteiger partial charge in [-0.3, -0.25) is 4.90 Å². The number of thioether (sulfide) groups is 1. The minimum atomic E-state index is 0.131. The van der Waals surface area contributed by atoms with E-state index in [0.717, 1.165) is 12.3 Å². The van der Waals surface area contributed by atoms with Crippen LogP contribution in [0.2, 0.25) is 0 Å². The van der Waals surface area contributed by atoms with Crippen molar-refractivity contribution in [3.05, 3.63) is 34.9 Å². The smallest absolute Gasteiger partial charge is 0.0461 e. The van der Waals surface area contributed by atoms with Crippen LogP contribution in [0.15, 0.2) is 18.2 Å². The molecule has 0 radical (unpaired) electrons. The topological polar surface area (TPSA) is 29.3 Å². The lowest BCUT2D eigenvalue weighted by Gasteiger charge is -2.36. The van der Waals surface area contributed by atoms with E-state index in [1.165, 1.54) is 22.4 Å². The number of aryl methyl sites for hydroxylation is 2. The summed E-state index contributed by atoms with van der Waals surface area (Å²) in [6.45, 7) is 5.43. The lowest BCUT2D eigenvalue weighted by Crippen LogP contribution is -2.46. The molecule has 0 aromatic heterocycles. The van der Waals surface area contributed by atoms with Crippen LogP contribution in [0.25, 0.3) is 0 Å². The molecular formula is C14H22N2S. The zero-order valence-corrected chi connectivity index (χ0v) is 11.8. The summed E-state index contributed by atoms with van der Waals surface area (Å²) in [5, 5.41) is 0. The summed E-state index contributed by atoms with van der Waals surface area (Å²) in [6, 6.07) is 7.26. The van der Waals surface area contributed by atoms with Crippen LogP contribution in [0.1, 0.15) is 22.7 Å². The second-order valence-corrected chi connectivity index (χ2v) is 6.22. The van der Waals surface area contributed by atoms with Gasteiger partial charge in [0.1, 0.15) is 0 Å². The summed E-state index contributed by atoms with van der Waals surface area (Å²) in [5.74, 6) is 2.37. The van der Waals surface area contributed by atoms with E-state index in [9.17, 15) is 0 Å². The van der Waals surface area contributed by atoms with Crippen LogP contribution in [0.3, 0.4) is 0 Å². The quantitative estimate of drug-likeness (QED) is 0.873. The van der Waals surface area contributed by atoms with E-state index in [-0.39, 0.29) is 6.04 Å². The first-order chi connectivity index (χ1) is 8.08. The maximum absolute atomic E-state index is 6.44. The van der Waals surface area contributed by atoms with Crippen LogP contribution in [0, 0.1) is 13.8 Å². The molecule has 1 aliphatic heterocycles. The van der Waals surface area contributed by atoms with Crippen molar-refractivity contribution < 1.29 is 0 Å². The molecule has 1 aromatic rings. The zero-order chi connectivity index (χ0) is 12.4. The average Bonchev–Trinajstić information content (AvgIpc) is 2.27. The highest BCUT2D eigenvalue weighted by Gasteiger charge is 2.26. The van der Waals surface area contributed by atoms with Crippen LogP contribution >= 0.6 is 11.8 Å². The highest BCUT2D eigenvalue weighted by atomic mass is 32.2. The number of rotatable bonds is 2. The van der Waals surface area contributed by atoms with Gasteiger partial charge in [0.05, 0.1) is 0 Å². The van der Waals surface area contributed by atoms with Gasteiger partial charge in [0.25, 0.3) is 0 Å². The first kappa shape index (κ1) is 12.9. The minimum Gasteiger partial charge on any atom is -0.323 e. The maximum atomic E-state index is 6.44. The lowest BCUT2D eigenvalue weighted by atomic mass is 9.96. The Bertz CT molecular complexity index is 372. The van der Waals surface area contributed by atoms with Gasteiger partial charge in [0.2, 0.25) is 0 Å². The first-order valence-electron chi connectivity index (χ1n) is 6.19. The van der Waals surface area contributed by atoms with Crippen molar-refractivity contribution in [1.29, 1.82) is 0 Å². The summed E-state index contributed by atoms with van der Waals surface area (Å²) in [4.78, 5) is 2.40. The van der Waals surface area contributed by atoms with E-state index >= 15 is 0 Å². The largest absolute Gasteiger partial charge is 0.323 e. The van der Waals surface area contributed by atoms with E-state index in [2.05, 4.69) is 44.0 Å². The van der Waals surface area contributed by atoms with Gasteiger partial charge in [-0.1, -0.05) is 29.3 Å². The van der Waals surface area contributed by atoms with Gasteiger partial charge in [-0.15, -0.1) is 0 Å². The van der Waals surface area contributed by atoms with E-state index < -0.39 is 0 Å². The van der Waals surface area contributed by atoms with Crippen LogP contribution < -0.4 is 5.73 Å². The van der Waals surface area contributed by atoms with Gasteiger partial charge in [0.15, 0.2) is 0 Å². The minimum absolute atomic E-state index is 0.131. The van der Waals surface area contributed by atoms with Crippen molar-refractivity contribution in [1.82, 2.24) is 4.90 Å². The third-order valence-corrected chi connectivity index (χ3v) is 4.54. The third-order valence-electron chi connectivity index (χ3n) is 3.49. The lowest BCUT2D eigenvalue weighted by molar-refractivity contribution is 0.237. The van der Waals surface area contributed by atoms with Gasteiger partial charge in [-0.05, 0) is 26.5 Å². The third kappa shape index (κ3) is 3.03. The van der Waals surface area contributed by atoms with Crippen molar-refractivity contribution in [3.63, 3.8) is 0 Å². The van der Waals surface area contributed by atoms with Gasteiger partial charge in [-0.2, -0.15) is 11.8 Å². The molecule has 2 N–H and O–H groups in total. The summed E-state index contributed by atoms with van der Waals surface area (Å²) in [7, 11) is 2.19. The second kappa shape index (κ2) is 5.42.